The van der Waals surface area contributed by atoms with Gasteiger partial charge in [0, 0.05) is 38.8 Å². The van der Waals surface area contributed by atoms with E-state index in [1.54, 1.807) is 0 Å². The van der Waals surface area contributed by atoms with Crippen molar-refractivity contribution in [3.05, 3.63) is 0 Å². The summed E-state index contributed by atoms with van der Waals surface area (Å²) >= 11 is 0. The third kappa shape index (κ3) is 2.92. The third-order valence-electron chi connectivity index (χ3n) is 3.23. The number of likely N-dealkylation sites (N-methyl/N-ethyl adjacent to an activating group) is 1. The quantitative estimate of drug-likeness (QED) is 0.639. The summed E-state index contributed by atoms with van der Waals surface area (Å²) < 4.78 is 0. The van der Waals surface area contributed by atoms with E-state index >= 15 is 0 Å². The first-order chi connectivity index (χ1) is 6.84. The van der Waals surface area contributed by atoms with Crippen molar-refractivity contribution in [3.63, 3.8) is 0 Å². The molecule has 2 fully saturated rings. The van der Waals surface area contributed by atoms with E-state index in [0.717, 1.165) is 19.6 Å². The molecule has 2 aliphatic heterocycles. The molecule has 2 heterocycles. The van der Waals surface area contributed by atoms with Gasteiger partial charge in [-0.3, -0.25) is 5.43 Å². The molecule has 2 aliphatic rings. The van der Waals surface area contributed by atoms with Crippen molar-refractivity contribution >= 4 is 0 Å². The zero-order valence-corrected chi connectivity index (χ0v) is 9.13. The van der Waals surface area contributed by atoms with Crippen LogP contribution in [0.25, 0.3) is 0 Å². The minimum atomic E-state index is 0.703. The predicted molar refractivity (Wildman–Crippen MR) is 58.1 cm³/mol. The number of nitrogens with zero attached hydrogens (tertiary/aromatic N) is 2. The van der Waals surface area contributed by atoms with Crippen LogP contribution >= 0.6 is 0 Å². The van der Waals surface area contributed by atoms with E-state index in [-0.39, 0.29) is 0 Å². The molecule has 0 aromatic carbocycles. The Morgan fingerprint density at radius 2 is 2.07 bits per heavy atom. The predicted octanol–water partition coefficient (Wildman–Crippen LogP) is -0.510. The van der Waals surface area contributed by atoms with Crippen molar-refractivity contribution in [1.29, 1.82) is 0 Å². The smallest absolute Gasteiger partial charge is 0.0259 e. The number of hydrogen-bond acceptors (Lipinski definition) is 4. The number of hydrazine groups is 1. The topological polar surface area (TPSA) is 30.5 Å². The minimum absolute atomic E-state index is 0.703. The van der Waals surface area contributed by atoms with Gasteiger partial charge in [0.2, 0.25) is 0 Å². The molecule has 2 rings (SSSR count). The first-order valence-corrected chi connectivity index (χ1v) is 5.75. The van der Waals surface area contributed by atoms with E-state index in [2.05, 4.69) is 27.7 Å². The monoisotopic (exact) mass is 198 g/mol. The van der Waals surface area contributed by atoms with E-state index in [9.17, 15) is 0 Å². The Morgan fingerprint density at radius 3 is 2.71 bits per heavy atom. The zero-order valence-electron chi connectivity index (χ0n) is 9.13. The van der Waals surface area contributed by atoms with Gasteiger partial charge in [-0.2, -0.15) is 0 Å². The molecule has 82 valence electrons. The second-order valence-electron chi connectivity index (χ2n) is 4.45. The summed E-state index contributed by atoms with van der Waals surface area (Å²) in [6, 6.07) is 0.703. The third-order valence-corrected chi connectivity index (χ3v) is 3.23. The maximum atomic E-state index is 3.53. The number of rotatable bonds is 3. The summed E-state index contributed by atoms with van der Waals surface area (Å²) in [5.74, 6) is 0. The normalized spacial score (nSPS) is 31.1. The minimum Gasteiger partial charge on any atom is -0.313 e. The highest BCUT2D eigenvalue weighted by Crippen LogP contribution is 2.04. The van der Waals surface area contributed by atoms with Gasteiger partial charge in [0.15, 0.2) is 0 Å². The number of piperazine rings is 1. The molecule has 0 spiro atoms. The fraction of sp³-hybridized carbons (Fsp3) is 1.00. The van der Waals surface area contributed by atoms with Crippen LogP contribution < -0.4 is 10.7 Å². The van der Waals surface area contributed by atoms with E-state index in [1.165, 1.54) is 32.5 Å². The summed E-state index contributed by atoms with van der Waals surface area (Å²) in [5.41, 5.74) is 3.53. The van der Waals surface area contributed by atoms with Gasteiger partial charge >= 0.3 is 0 Å². The largest absolute Gasteiger partial charge is 0.313 e. The lowest BCUT2D eigenvalue weighted by Crippen LogP contribution is -2.53. The molecule has 0 bridgehead atoms. The van der Waals surface area contributed by atoms with Crippen molar-refractivity contribution < 1.29 is 0 Å². The zero-order chi connectivity index (χ0) is 9.80. The molecular formula is C10H22N4. The summed E-state index contributed by atoms with van der Waals surface area (Å²) in [4.78, 5) is 2.38. The molecule has 1 unspecified atom stereocenters. The average Bonchev–Trinajstić information content (AvgIpc) is 2.70. The van der Waals surface area contributed by atoms with Crippen LogP contribution in [0.5, 0.6) is 0 Å². The summed E-state index contributed by atoms with van der Waals surface area (Å²) in [7, 11) is 2.19. The summed E-state index contributed by atoms with van der Waals surface area (Å²) in [6.45, 7) is 6.99. The van der Waals surface area contributed by atoms with Gasteiger partial charge in [-0.15, -0.1) is 0 Å². The molecule has 14 heavy (non-hydrogen) atoms. The molecule has 2 N–H and O–H groups in total. The molecule has 0 aromatic heterocycles. The maximum absolute atomic E-state index is 3.53. The number of nitrogens with one attached hydrogen (secondary N) is 2. The van der Waals surface area contributed by atoms with Gasteiger partial charge in [0.25, 0.3) is 0 Å². The molecule has 4 nitrogen and oxygen atoms in total. The number of hydrogen-bond donors (Lipinski definition) is 2. The highest BCUT2D eigenvalue weighted by molar-refractivity contribution is 4.76. The Morgan fingerprint density at radius 1 is 1.29 bits per heavy atom. The van der Waals surface area contributed by atoms with E-state index < -0.39 is 0 Å². The molecule has 0 radical (unpaired) electrons. The Hall–Kier alpha value is -0.160. The van der Waals surface area contributed by atoms with E-state index in [1.807, 2.05) is 0 Å². The molecular weight excluding hydrogens is 176 g/mol. The van der Waals surface area contributed by atoms with Crippen molar-refractivity contribution in [2.75, 3.05) is 46.3 Å². The Labute approximate surface area is 86.6 Å². The van der Waals surface area contributed by atoms with E-state index in [4.69, 9.17) is 0 Å². The summed E-state index contributed by atoms with van der Waals surface area (Å²) in [5, 5.41) is 5.87. The second-order valence-corrected chi connectivity index (χ2v) is 4.45. The second kappa shape index (κ2) is 5.07. The molecule has 0 aromatic rings. The first-order valence-electron chi connectivity index (χ1n) is 5.75. The van der Waals surface area contributed by atoms with Crippen LogP contribution in [-0.4, -0.2) is 62.3 Å². The lowest BCUT2D eigenvalue weighted by molar-refractivity contribution is 0.101. The van der Waals surface area contributed by atoms with Gasteiger partial charge in [-0.1, -0.05) is 0 Å². The molecule has 0 aliphatic carbocycles. The van der Waals surface area contributed by atoms with Crippen LogP contribution in [0.15, 0.2) is 0 Å². The van der Waals surface area contributed by atoms with Crippen LogP contribution in [0.4, 0.5) is 0 Å². The van der Waals surface area contributed by atoms with Crippen LogP contribution in [0.1, 0.15) is 12.8 Å². The standard InChI is InChI=1S/C10H22N4/c1-13-5-7-14(8-6-13)12-9-10-3-2-4-11-10/h10-12H,2-9H2,1H3. The maximum Gasteiger partial charge on any atom is 0.0259 e. The molecule has 0 amide bonds. The first kappa shape index (κ1) is 10.4. The van der Waals surface area contributed by atoms with Gasteiger partial charge in [-0.05, 0) is 26.4 Å². The fourth-order valence-corrected chi connectivity index (χ4v) is 2.13. The van der Waals surface area contributed by atoms with Crippen molar-refractivity contribution in [2.45, 2.75) is 18.9 Å². The average molecular weight is 198 g/mol. The molecule has 0 saturated carbocycles. The van der Waals surface area contributed by atoms with Gasteiger partial charge in [0.05, 0.1) is 0 Å². The van der Waals surface area contributed by atoms with Gasteiger partial charge in [0.1, 0.15) is 0 Å². The highest BCUT2D eigenvalue weighted by atomic mass is 15.5. The molecule has 1 atom stereocenters. The lowest BCUT2D eigenvalue weighted by atomic mass is 10.2. The van der Waals surface area contributed by atoms with Crippen molar-refractivity contribution in [1.82, 2.24) is 20.7 Å². The molecule has 2 saturated heterocycles. The van der Waals surface area contributed by atoms with Crippen LogP contribution in [0.3, 0.4) is 0 Å². The SMILES string of the molecule is CN1CCN(NCC2CCCN2)CC1. The van der Waals surface area contributed by atoms with E-state index in [0.29, 0.717) is 6.04 Å². The Balaban J connectivity index is 1.60. The van der Waals surface area contributed by atoms with Gasteiger partial charge in [-0.25, -0.2) is 5.01 Å². The van der Waals surface area contributed by atoms with Crippen LogP contribution in [0, 0.1) is 0 Å². The lowest BCUT2D eigenvalue weighted by Gasteiger charge is -2.33. The molecule has 4 heteroatoms. The van der Waals surface area contributed by atoms with Crippen LogP contribution in [0.2, 0.25) is 0 Å². The van der Waals surface area contributed by atoms with Crippen LogP contribution in [-0.2, 0) is 0 Å². The van der Waals surface area contributed by atoms with Gasteiger partial charge < -0.3 is 10.2 Å². The fourth-order valence-electron chi connectivity index (χ4n) is 2.13. The highest BCUT2D eigenvalue weighted by Gasteiger charge is 2.17. The van der Waals surface area contributed by atoms with Crippen molar-refractivity contribution in [2.24, 2.45) is 0 Å². The Kier molecular flexibility index (Phi) is 3.75. The Bertz CT molecular complexity index is 160. The summed E-state index contributed by atoms with van der Waals surface area (Å²) in [6.07, 6.45) is 2.68. The van der Waals surface area contributed by atoms with Crippen molar-refractivity contribution in [3.8, 4) is 0 Å².